The van der Waals surface area contributed by atoms with Gasteiger partial charge in [0, 0.05) is 5.69 Å². The van der Waals surface area contributed by atoms with E-state index < -0.39 is 0 Å². The average molecular weight is 295 g/mol. The van der Waals surface area contributed by atoms with E-state index in [9.17, 15) is 4.79 Å². The molecule has 1 aromatic carbocycles. The van der Waals surface area contributed by atoms with Gasteiger partial charge in [0.05, 0.1) is 17.8 Å². The van der Waals surface area contributed by atoms with Crippen LogP contribution in [0.4, 0.5) is 5.69 Å². The van der Waals surface area contributed by atoms with E-state index in [0.29, 0.717) is 39.9 Å². The quantitative estimate of drug-likeness (QED) is 0.938. The van der Waals surface area contributed by atoms with Crippen LogP contribution in [0.1, 0.15) is 28.7 Å². The van der Waals surface area contributed by atoms with E-state index in [-0.39, 0.29) is 5.91 Å². The van der Waals surface area contributed by atoms with Gasteiger partial charge < -0.3 is 14.6 Å². The molecule has 5 nitrogen and oxygen atoms in total. The van der Waals surface area contributed by atoms with Crippen LogP contribution in [0.25, 0.3) is 0 Å². The highest BCUT2D eigenvalue weighted by Crippen LogP contribution is 2.27. The number of amides is 1. The minimum absolute atomic E-state index is 0.262. The van der Waals surface area contributed by atoms with Gasteiger partial charge in [-0.05, 0) is 31.5 Å². The molecule has 6 heteroatoms. The molecule has 20 heavy (non-hydrogen) atoms. The monoisotopic (exact) mass is 294 g/mol. The Kier molecular flexibility index (Phi) is 4.29. The third kappa shape index (κ3) is 2.77. The van der Waals surface area contributed by atoms with Crippen molar-refractivity contribution < 1.29 is 14.1 Å². The van der Waals surface area contributed by atoms with Crippen molar-refractivity contribution in [3.8, 4) is 5.75 Å². The van der Waals surface area contributed by atoms with Crippen molar-refractivity contribution in [1.29, 1.82) is 0 Å². The summed E-state index contributed by atoms with van der Waals surface area (Å²) < 4.78 is 10.1. The lowest BCUT2D eigenvalue weighted by Gasteiger charge is -2.08. The second-order valence-corrected chi connectivity index (χ2v) is 4.62. The van der Waals surface area contributed by atoms with Gasteiger partial charge in [-0.3, -0.25) is 4.79 Å². The standard InChI is InChI=1S/C14H15ClN2O3/c1-4-11-13(8(2)20-17-11)14(18)16-9-5-6-12(19-3)10(15)7-9/h5-7H,4H2,1-3H3,(H,16,18). The third-order valence-electron chi connectivity index (χ3n) is 2.91. The molecule has 0 aliphatic heterocycles. The fourth-order valence-electron chi connectivity index (χ4n) is 1.89. The van der Waals surface area contributed by atoms with Gasteiger partial charge in [-0.2, -0.15) is 0 Å². The zero-order valence-electron chi connectivity index (χ0n) is 11.5. The molecule has 0 aliphatic rings. The molecule has 0 fully saturated rings. The van der Waals surface area contributed by atoms with Gasteiger partial charge in [0.2, 0.25) is 0 Å². The Balaban J connectivity index is 2.23. The van der Waals surface area contributed by atoms with E-state index in [1.54, 1.807) is 25.1 Å². The maximum atomic E-state index is 12.3. The molecule has 0 unspecified atom stereocenters. The van der Waals surface area contributed by atoms with Crippen LogP contribution in [0.2, 0.25) is 5.02 Å². The third-order valence-corrected chi connectivity index (χ3v) is 3.20. The lowest BCUT2D eigenvalue weighted by Crippen LogP contribution is -2.14. The van der Waals surface area contributed by atoms with E-state index in [4.69, 9.17) is 20.9 Å². The number of carbonyl (C=O) groups is 1. The van der Waals surface area contributed by atoms with Crippen LogP contribution in [-0.4, -0.2) is 18.2 Å². The van der Waals surface area contributed by atoms with Crippen molar-refractivity contribution in [1.82, 2.24) is 5.16 Å². The number of ether oxygens (including phenoxy) is 1. The van der Waals surface area contributed by atoms with Gasteiger partial charge in [-0.25, -0.2) is 0 Å². The number of rotatable bonds is 4. The molecule has 1 aromatic heterocycles. The van der Waals surface area contributed by atoms with Crippen molar-refractivity contribution in [3.63, 3.8) is 0 Å². The summed E-state index contributed by atoms with van der Waals surface area (Å²) in [5.41, 5.74) is 1.70. The predicted molar refractivity (Wildman–Crippen MR) is 76.6 cm³/mol. The van der Waals surface area contributed by atoms with Crippen molar-refractivity contribution in [2.75, 3.05) is 12.4 Å². The summed E-state index contributed by atoms with van der Waals surface area (Å²) in [4.78, 5) is 12.3. The largest absolute Gasteiger partial charge is 0.495 e. The lowest BCUT2D eigenvalue weighted by atomic mass is 10.1. The van der Waals surface area contributed by atoms with Crippen LogP contribution in [0.3, 0.4) is 0 Å². The molecule has 0 aliphatic carbocycles. The van der Waals surface area contributed by atoms with Crippen LogP contribution in [0.15, 0.2) is 22.7 Å². The summed E-state index contributed by atoms with van der Waals surface area (Å²) in [6.45, 7) is 3.63. The van der Waals surface area contributed by atoms with Crippen LogP contribution < -0.4 is 10.1 Å². The zero-order chi connectivity index (χ0) is 14.7. The van der Waals surface area contributed by atoms with Gasteiger partial charge in [-0.15, -0.1) is 0 Å². The highest BCUT2D eigenvalue weighted by Gasteiger charge is 2.19. The number of methoxy groups -OCH3 is 1. The van der Waals surface area contributed by atoms with Gasteiger partial charge in [0.25, 0.3) is 5.91 Å². The van der Waals surface area contributed by atoms with Gasteiger partial charge in [0.15, 0.2) is 0 Å². The number of aromatic nitrogens is 1. The van der Waals surface area contributed by atoms with Crippen LogP contribution in [0, 0.1) is 6.92 Å². The van der Waals surface area contributed by atoms with Crippen LogP contribution >= 0.6 is 11.6 Å². The Morgan fingerprint density at radius 1 is 1.50 bits per heavy atom. The maximum Gasteiger partial charge on any atom is 0.261 e. The second-order valence-electron chi connectivity index (χ2n) is 4.22. The molecule has 0 radical (unpaired) electrons. The molecule has 106 valence electrons. The Morgan fingerprint density at radius 3 is 2.85 bits per heavy atom. The molecule has 1 N–H and O–H groups in total. The number of nitrogens with one attached hydrogen (secondary N) is 1. The molecule has 1 heterocycles. The van der Waals surface area contributed by atoms with E-state index in [2.05, 4.69) is 10.5 Å². The van der Waals surface area contributed by atoms with Gasteiger partial charge in [0.1, 0.15) is 17.1 Å². The molecule has 0 saturated carbocycles. The fourth-order valence-corrected chi connectivity index (χ4v) is 2.15. The van der Waals surface area contributed by atoms with Crippen molar-refractivity contribution in [3.05, 3.63) is 40.2 Å². The topological polar surface area (TPSA) is 64.4 Å². The zero-order valence-corrected chi connectivity index (χ0v) is 12.2. The number of anilines is 1. The summed E-state index contributed by atoms with van der Waals surface area (Å²) in [6, 6.07) is 5.04. The summed E-state index contributed by atoms with van der Waals surface area (Å²) in [7, 11) is 1.54. The van der Waals surface area contributed by atoms with E-state index >= 15 is 0 Å². The van der Waals surface area contributed by atoms with E-state index in [1.807, 2.05) is 6.92 Å². The molecule has 0 bridgehead atoms. The highest BCUT2D eigenvalue weighted by atomic mass is 35.5. The Morgan fingerprint density at radius 2 is 2.25 bits per heavy atom. The molecule has 2 aromatic rings. The molecule has 1 amide bonds. The second kappa shape index (κ2) is 5.96. The van der Waals surface area contributed by atoms with E-state index in [0.717, 1.165) is 0 Å². The fraction of sp³-hybridized carbons (Fsp3) is 0.286. The maximum absolute atomic E-state index is 12.3. The van der Waals surface area contributed by atoms with Crippen molar-refractivity contribution in [2.45, 2.75) is 20.3 Å². The van der Waals surface area contributed by atoms with Gasteiger partial charge >= 0.3 is 0 Å². The number of aryl methyl sites for hydroxylation is 2. The number of carbonyl (C=O) groups excluding carboxylic acids is 1. The smallest absolute Gasteiger partial charge is 0.261 e. The van der Waals surface area contributed by atoms with Crippen LogP contribution in [0.5, 0.6) is 5.75 Å². The van der Waals surface area contributed by atoms with E-state index in [1.165, 1.54) is 7.11 Å². The minimum Gasteiger partial charge on any atom is -0.495 e. The first-order valence-electron chi connectivity index (χ1n) is 6.16. The first kappa shape index (κ1) is 14.4. The number of benzene rings is 1. The number of hydrogen-bond acceptors (Lipinski definition) is 4. The molecule has 0 saturated heterocycles. The van der Waals surface area contributed by atoms with Crippen LogP contribution in [-0.2, 0) is 6.42 Å². The summed E-state index contributed by atoms with van der Waals surface area (Å²) in [5.74, 6) is 0.792. The first-order valence-corrected chi connectivity index (χ1v) is 6.54. The number of halogens is 1. The molecule has 0 spiro atoms. The average Bonchev–Trinajstić information content (AvgIpc) is 2.80. The first-order chi connectivity index (χ1) is 9.56. The van der Waals surface area contributed by atoms with Gasteiger partial charge in [-0.1, -0.05) is 23.7 Å². The SMILES string of the molecule is CCc1noc(C)c1C(=O)Nc1ccc(OC)c(Cl)c1. The molecule has 2 rings (SSSR count). The summed E-state index contributed by atoms with van der Waals surface area (Å²) >= 11 is 6.02. The summed E-state index contributed by atoms with van der Waals surface area (Å²) in [6.07, 6.45) is 0.628. The molecular weight excluding hydrogens is 280 g/mol. The Hall–Kier alpha value is -2.01. The minimum atomic E-state index is -0.262. The Bertz CT molecular complexity index is 637. The number of hydrogen-bond donors (Lipinski definition) is 1. The Labute approximate surface area is 121 Å². The normalized spacial score (nSPS) is 10.4. The molecule has 0 atom stereocenters. The van der Waals surface area contributed by atoms with Crippen molar-refractivity contribution in [2.24, 2.45) is 0 Å². The molecular formula is C14H15ClN2O3. The lowest BCUT2D eigenvalue weighted by molar-refractivity contribution is 0.102. The highest BCUT2D eigenvalue weighted by molar-refractivity contribution is 6.32. The number of nitrogens with zero attached hydrogens (tertiary/aromatic N) is 1. The predicted octanol–water partition coefficient (Wildman–Crippen LogP) is 3.46. The van der Waals surface area contributed by atoms with Crippen molar-refractivity contribution >= 4 is 23.2 Å². The summed E-state index contributed by atoms with van der Waals surface area (Å²) in [5, 5.41) is 7.07.